The molecule has 0 aliphatic carbocycles. The summed E-state index contributed by atoms with van der Waals surface area (Å²) >= 11 is 0. The quantitative estimate of drug-likeness (QED) is 0.922. The van der Waals surface area contributed by atoms with Gasteiger partial charge in [-0.2, -0.15) is 13.2 Å². The minimum atomic E-state index is -4.40. The van der Waals surface area contributed by atoms with Gasteiger partial charge in [0.1, 0.15) is 0 Å². The summed E-state index contributed by atoms with van der Waals surface area (Å²) in [4.78, 5) is -0.000903. The highest BCUT2D eigenvalue weighted by Gasteiger charge is 2.32. The van der Waals surface area contributed by atoms with Crippen LogP contribution in [-0.2, 0) is 10.0 Å². The van der Waals surface area contributed by atoms with E-state index in [2.05, 4.69) is 0 Å². The molecule has 1 N–H and O–H groups in total. The van der Waals surface area contributed by atoms with Crippen LogP contribution in [0.5, 0.6) is 0 Å². The Kier molecular flexibility index (Phi) is 4.39. The molecule has 0 aliphatic rings. The fraction of sp³-hybridized carbons (Fsp3) is 0.455. The minimum absolute atomic E-state index is 0.000903. The molecule has 0 radical (unpaired) electrons. The lowest BCUT2D eigenvalue weighted by Gasteiger charge is -2.16. The molecule has 0 saturated carbocycles. The maximum atomic E-state index is 12.1. The molecule has 0 fully saturated rings. The number of hydrogen-bond donors (Lipinski definition) is 1. The zero-order chi connectivity index (χ0) is 14.0. The predicted molar refractivity (Wildman–Crippen MR) is 61.6 cm³/mol. The monoisotopic (exact) mass is 281 g/mol. The molecule has 0 aliphatic heterocycles. The molecular weight excluding hydrogens is 267 g/mol. The van der Waals surface area contributed by atoms with Gasteiger partial charge in [0, 0.05) is 6.04 Å². The molecule has 1 rings (SSSR count). The Morgan fingerprint density at radius 3 is 2.33 bits per heavy atom. The maximum absolute atomic E-state index is 12.1. The predicted octanol–water partition coefficient (Wildman–Crippen LogP) is 2.61. The topological polar surface area (TPSA) is 46.2 Å². The van der Waals surface area contributed by atoms with Gasteiger partial charge < -0.3 is 0 Å². The normalized spacial score (nSPS) is 14.5. The molecule has 1 aromatic carbocycles. The smallest absolute Gasteiger partial charge is 0.208 e. The first kappa shape index (κ1) is 15.0. The lowest BCUT2D eigenvalue weighted by atomic mass is 10.2. The molecule has 0 amide bonds. The van der Waals surface area contributed by atoms with Crippen LogP contribution >= 0.6 is 0 Å². The zero-order valence-electron chi connectivity index (χ0n) is 9.95. The molecule has 1 atom stereocenters. The first-order valence-electron chi connectivity index (χ1n) is 5.26. The van der Waals surface area contributed by atoms with Crippen molar-refractivity contribution >= 4 is 10.0 Å². The molecule has 102 valence electrons. The molecule has 0 aromatic heterocycles. The summed E-state index contributed by atoms with van der Waals surface area (Å²) in [6.07, 6.45) is -5.59. The average molecular weight is 281 g/mol. The number of sulfonamides is 1. The Bertz CT molecular complexity index is 511. The van der Waals surface area contributed by atoms with E-state index in [-0.39, 0.29) is 4.90 Å². The fourth-order valence-electron chi connectivity index (χ4n) is 1.58. The van der Waals surface area contributed by atoms with E-state index in [4.69, 9.17) is 0 Å². The Morgan fingerprint density at radius 2 is 1.83 bits per heavy atom. The minimum Gasteiger partial charge on any atom is -0.208 e. The lowest BCUT2D eigenvalue weighted by Crippen LogP contribution is -2.36. The van der Waals surface area contributed by atoms with Crippen LogP contribution in [0.3, 0.4) is 0 Å². The van der Waals surface area contributed by atoms with Crippen LogP contribution in [0.2, 0.25) is 0 Å². The number of aryl methyl sites for hydroxylation is 1. The summed E-state index contributed by atoms with van der Waals surface area (Å²) in [6.45, 7) is 2.77. The standard InChI is InChI=1S/C11H14F3NO2S/c1-8-5-3-4-6-10(8)18(16,17)15-9(2)7-11(12,13)14/h3-6,9,15H,7H2,1-2H3. The summed E-state index contributed by atoms with van der Waals surface area (Å²) in [5.41, 5.74) is 0.490. The van der Waals surface area contributed by atoms with Crippen molar-refractivity contribution in [3.8, 4) is 0 Å². The summed E-state index contributed by atoms with van der Waals surface area (Å²) in [7, 11) is -3.91. The first-order valence-corrected chi connectivity index (χ1v) is 6.75. The van der Waals surface area contributed by atoms with Gasteiger partial charge in [-0.05, 0) is 25.5 Å². The van der Waals surface area contributed by atoms with Gasteiger partial charge in [-0.3, -0.25) is 0 Å². The Balaban J connectivity index is 2.87. The van der Waals surface area contributed by atoms with Crippen LogP contribution in [0.25, 0.3) is 0 Å². The molecule has 18 heavy (non-hydrogen) atoms. The van der Waals surface area contributed by atoms with Crippen molar-refractivity contribution in [1.29, 1.82) is 0 Å². The highest BCUT2D eigenvalue weighted by atomic mass is 32.2. The molecule has 0 spiro atoms. The van der Waals surface area contributed by atoms with Gasteiger partial charge >= 0.3 is 6.18 Å². The third-order valence-electron chi connectivity index (χ3n) is 2.28. The highest BCUT2D eigenvalue weighted by molar-refractivity contribution is 7.89. The molecule has 3 nitrogen and oxygen atoms in total. The number of halogens is 3. The van der Waals surface area contributed by atoms with Crippen LogP contribution in [0.1, 0.15) is 18.9 Å². The largest absolute Gasteiger partial charge is 0.390 e. The maximum Gasteiger partial charge on any atom is 0.390 e. The molecule has 1 unspecified atom stereocenters. The second-order valence-electron chi connectivity index (χ2n) is 4.11. The van der Waals surface area contributed by atoms with Crippen molar-refractivity contribution in [2.24, 2.45) is 0 Å². The van der Waals surface area contributed by atoms with Gasteiger partial charge in [0.05, 0.1) is 11.3 Å². The summed E-state index contributed by atoms with van der Waals surface area (Å²) in [5, 5.41) is 0. The van der Waals surface area contributed by atoms with Crippen LogP contribution in [0.15, 0.2) is 29.2 Å². The first-order chi connectivity index (χ1) is 8.12. The van der Waals surface area contributed by atoms with Crippen molar-refractivity contribution in [1.82, 2.24) is 4.72 Å². The number of alkyl halides is 3. The van der Waals surface area contributed by atoms with Crippen molar-refractivity contribution in [2.75, 3.05) is 0 Å². The number of nitrogens with one attached hydrogen (secondary N) is 1. The molecule has 1 aromatic rings. The second kappa shape index (κ2) is 5.27. The fourth-order valence-corrected chi connectivity index (χ4v) is 3.06. The Hall–Kier alpha value is -1.08. The van der Waals surface area contributed by atoms with Crippen molar-refractivity contribution in [3.63, 3.8) is 0 Å². The molecule has 0 heterocycles. The summed E-state index contributed by atoms with van der Waals surface area (Å²) in [5.74, 6) is 0. The molecule has 0 bridgehead atoms. The van der Waals surface area contributed by atoms with Crippen LogP contribution in [0.4, 0.5) is 13.2 Å². The van der Waals surface area contributed by atoms with E-state index in [0.717, 1.165) is 0 Å². The van der Waals surface area contributed by atoms with Crippen LogP contribution < -0.4 is 4.72 Å². The summed E-state index contributed by atoms with van der Waals surface area (Å²) < 4.78 is 62.1. The second-order valence-corrected chi connectivity index (χ2v) is 5.79. The SMILES string of the molecule is Cc1ccccc1S(=O)(=O)NC(C)CC(F)(F)F. The third kappa shape index (κ3) is 4.30. The van der Waals surface area contributed by atoms with E-state index >= 15 is 0 Å². The van der Waals surface area contributed by atoms with Gasteiger partial charge in [0.2, 0.25) is 10.0 Å². The number of hydrogen-bond acceptors (Lipinski definition) is 2. The Labute approximate surface area is 104 Å². The van der Waals surface area contributed by atoms with E-state index in [9.17, 15) is 21.6 Å². The van der Waals surface area contributed by atoms with E-state index in [1.54, 1.807) is 19.1 Å². The molecule has 7 heteroatoms. The van der Waals surface area contributed by atoms with Gasteiger partial charge in [-0.25, -0.2) is 13.1 Å². The number of benzene rings is 1. The van der Waals surface area contributed by atoms with Gasteiger partial charge in [0.25, 0.3) is 0 Å². The highest BCUT2D eigenvalue weighted by Crippen LogP contribution is 2.22. The third-order valence-corrected chi connectivity index (χ3v) is 4.03. The Morgan fingerprint density at radius 1 is 1.28 bits per heavy atom. The van der Waals surface area contributed by atoms with Crippen molar-refractivity contribution < 1.29 is 21.6 Å². The number of rotatable bonds is 4. The van der Waals surface area contributed by atoms with E-state index < -0.39 is 28.7 Å². The average Bonchev–Trinajstić information content (AvgIpc) is 2.13. The van der Waals surface area contributed by atoms with E-state index in [1.807, 2.05) is 4.72 Å². The van der Waals surface area contributed by atoms with Gasteiger partial charge in [-0.1, -0.05) is 18.2 Å². The zero-order valence-corrected chi connectivity index (χ0v) is 10.8. The summed E-state index contributed by atoms with van der Waals surface area (Å²) in [6, 6.07) is 4.93. The van der Waals surface area contributed by atoms with E-state index in [0.29, 0.717) is 5.56 Å². The van der Waals surface area contributed by atoms with Crippen molar-refractivity contribution in [3.05, 3.63) is 29.8 Å². The lowest BCUT2D eigenvalue weighted by molar-refractivity contribution is -0.137. The molecular formula is C11H14F3NO2S. The van der Waals surface area contributed by atoms with Gasteiger partial charge in [-0.15, -0.1) is 0 Å². The van der Waals surface area contributed by atoms with Crippen LogP contribution in [-0.4, -0.2) is 20.6 Å². The van der Waals surface area contributed by atoms with Crippen LogP contribution in [0, 0.1) is 6.92 Å². The van der Waals surface area contributed by atoms with E-state index in [1.165, 1.54) is 19.1 Å². The molecule has 0 saturated heterocycles. The van der Waals surface area contributed by atoms with Gasteiger partial charge in [0.15, 0.2) is 0 Å². The van der Waals surface area contributed by atoms with Crippen molar-refractivity contribution in [2.45, 2.75) is 37.4 Å².